The maximum Gasteiger partial charge on any atom is 0.143 e. The van der Waals surface area contributed by atoms with Crippen LogP contribution >= 0.6 is 43.5 Å². The van der Waals surface area contributed by atoms with Gasteiger partial charge in [-0.1, -0.05) is 23.7 Å². The van der Waals surface area contributed by atoms with Crippen LogP contribution in [0.5, 0.6) is 5.75 Å². The van der Waals surface area contributed by atoms with Crippen molar-refractivity contribution in [3.8, 4) is 5.75 Å². The van der Waals surface area contributed by atoms with E-state index in [2.05, 4.69) is 42.4 Å². The molecule has 0 heterocycles. The molecule has 2 N–H and O–H groups in total. The van der Waals surface area contributed by atoms with Crippen LogP contribution in [0.25, 0.3) is 0 Å². The fraction of sp³-hybridized carbons (Fsp3) is 0. The standard InChI is InChI=1S/C13H9Br2ClN2O/c14-9-5-8(6-10(15)13(9)19)7-17-18-12-4-2-1-3-11(12)16/h1-7,18-19H/b17-7+. The van der Waals surface area contributed by atoms with E-state index in [1.165, 1.54) is 0 Å². The van der Waals surface area contributed by atoms with Crippen molar-refractivity contribution in [1.82, 2.24) is 0 Å². The van der Waals surface area contributed by atoms with Crippen molar-refractivity contribution in [1.29, 1.82) is 0 Å². The van der Waals surface area contributed by atoms with E-state index in [4.69, 9.17) is 11.6 Å². The lowest BCUT2D eigenvalue weighted by molar-refractivity contribution is 0.468. The molecule has 0 bridgehead atoms. The molecule has 0 amide bonds. The minimum atomic E-state index is 0.163. The molecule has 0 unspecified atom stereocenters. The summed E-state index contributed by atoms with van der Waals surface area (Å²) in [6.07, 6.45) is 1.64. The first-order valence-corrected chi connectivity index (χ1v) is 7.26. The maximum atomic E-state index is 9.60. The highest BCUT2D eigenvalue weighted by molar-refractivity contribution is 9.11. The Morgan fingerprint density at radius 3 is 2.42 bits per heavy atom. The highest BCUT2D eigenvalue weighted by Gasteiger charge is 2.04. The predicted octanol–water partition coefficient (Wildman–Crippen LogP) is 5.02. The summed E-state index contributed by atoms with van der Waals surface area (Å²) in [7, 11) is 0. The van der Waals surface area contributed by atoms with Crippen molar-refractivity contribution in [2.24, 2.45) is 5.10 Å². The minimum absolute atomic E-state index is 0.163. The van der Waals surface area contributed by atoms with Crippen molar-refractivity contribution in [3.63, 3.8) is 0 Å². The van der Waals surface area contributed by atoms with Gasteiger partial charge in [-0.05, 0) is 61.7 Å². The van der Waals surface area contributed by atoms with Crippen LogP contribution in [-0.4, -0.2) is 11.3 Å². The summed E-state index contributed by atoms with van der Waals surface area (Å²) in [5.41, 5.74) is 4.42. The van der Waals surface area contributed by atoms with Crippen LogP contribution in [0.15, 0.2) is 50.4 Å². The van der Waals surface area contributed by atoms with Gasteiger partial charge in [-0.3, -0.25) is 5.43 Å². The highest BCUT2D eigenvalue weighted by atomic mass is 79.9. The van der Waals surface area contributed by atoms with E-state index in [0.717, 1.165) is 11.3 Å². The summed E-state index contributed by atoms with van der Waals surface area (Å²) in [4.78, 5) is 0. The second kappa shape index (κ2) is 6.41. The van der Waals surface area contributed by atoms with Crippen molar-refractivity contribution in [3.05, 3.63) is 55.9 Å². The predicted molar refractivity (Wildman–Crippen MR) is 86.2 cm³/mol. The summed E-state index contributed by atoms with van der Waals surface area (Å²) >= 11 is 12.5. The number of hydrogen-bond donors (Lipinski definition) is 2. The van der Waals surface area contributed by atoms with E-state index in [1.807, 2.05) is 18.2 Å². The first-order valence-electron chi connectivity index (χ1n) is 5.29. The third-order valence-electron chi connectivity index (χ3n) is 2.31. The molecular formula is C13H9Br2ClN2O. The summed E-state index contributed by atoms with van der Waals surface area (Å²) in [6.45, 7) is 0. The van der Waals surface area contributed by atoms with Crippen LogP contribution in [0.3, 0.4) is 0 Å². The Hall–Kier alpha value is -1.04. The highest BCUT2D eigenvalue weighted by Crippen LogP contribution is 2.32. The molecule has 3 nitrogen and oxygen atoms in total. The lowest BCUT2D eigenvalue weighted by Gasteiger charge is -2.03. The Labute approximate surface area is 132 Å². The van der Waals surface area contributed by atoms with Gasteiger partial charge in [0.2, 0.25) is 0 Å². The Bertz CT molecular complexity index is 609. The van der Waals surface area contributed by atoms with E-state index in [0.29, 0.717) is 14.0 Å². The number of anilines is 1. The molecule has 2 rings (SSSR count). The van der Waals surface area contributed by atoms with Crippen molar-refractivity contribution in [2.75, 3.05) is 5.43 Å². The molecule has 0 aliphatic heterocycles. The average Bonchev–Trinajstić information content (AvgIpc) is 2.38. The Kier molecular flexibility index (Phi) is 4.85. The molecule has 19 heavy (non-hydrogen) atoms. The fourth-order valence-electron chi connectivity index (χ4n) is 1.39. The number of halogens is 3. The molecule has 0 atom stereocenters. The molecule has 2 aromatic carbocycles. The molecule has 6 heteroatoms. The van der Waals surface area contributed by atoms with E-state index in [-0.39, 0.29) is 5.75 Å². The lowest BCUT2D eigenvalue weighted by Crippen LogP contribution is -1.91. The lowest BCUT2D eigenvalue weighted by atomic mass is 10.2. The van der Waals surface area contributed by atoms with Gasteiger partial charge < -0.3 is 5.11 Å². The quantitative estimate of drug-likeness (QED) is 0.558. The molecule has 0 aliphatic carbocycles. The zero-order valence-corrected chi connectivity index (χ0v) is 13.5. The summed E-state index contributed by atoms with van der Waals surface area (Å²) < 4.78 is 1.20. The Morgan fingerprint density at radius 1 is 1.16 bits per heavy atom. The third-order valence-corrected chi connectivity index (χ3v) is 3.85. The molecule has 0 aromatic heterocycles. The number of para-hydroxylation sites is 1. The van der Waals surface area contributed by atoms with Crippen LogP contribution in [0.2, 0.25) is 5.02 Å². The van der Waals surface area contributed by atoms with Crippen molar-refractivity contribution >= 4 is 55.4 Å². The summed E-state index contributed by atoms with van der Waals surface area (Å²) in [6, 6.07) is 10.9. The second-order valence-electron chi connectivity index (χ2n) is 3.68. The fourth-order valence-corrected chi connectivity index (χ4v) is 2.79. The van der Waals surface area contributed by atoms with Crippen LogP contribution in [0.1, 0.15) is 5.56 Å². The molecular weight excluding hydrogens is 395 g/mol. The van der Waals surface area contributed by atoms with Gasteiger partial charge in [-0.25, -0.2) is 0 Å². The van der Waals surface area contributed by atoms with E-state index >= 15 is 0 Å². The SMILES string of the molecule is Oc1c(Br)cc(/C=N/Nc2ccccc2Cl)cc1Br. The third kappa shape index (κ3) is 3.72. The number of aromatic hydroxyl groups is 1. The number of rotatable bonds is 3. The molecule has 0 saturated carbocycles. The Balaban J connectivity index is 2.14. The number of phenols is 1. The molecule has 0 fully saturated rings. The van der Waals surface area contributed by atoms with Gasteiger partial charge >= 0.3 is 0 Å². The first kappa shape index (κ1) is 14.4. The molecule has 0 aliphatic rings. The van der Waals surface area contributed by atoms with Gasteiger partial charge in [0.15, 0.2) is 0 Å². The van der Waals surface area contributed by atoms with E-state index in [1.54, 1.807) is 24.4 Å². The summed E-state index contributed by atoms with van der Waals surface area (Å²) in [5, 5.41) is 14.3. The average molecular weight is 404 g/mol. The van der Waals surface area contributed by atoms with E-state index < -0.39 is 0 Å². The zero-order chi connectivity index (χ0) is 13.8. The molecule has 2 aromatic rings. The van der Waals surface area contributed by atoms with Gasteiger partial charge in [0.05, 0.1) is 25.9 Å². The largest absolute Gasteiger partial charge is 0.506 e. The van der Waals surface area contributed by atoms with Crippen molar-refractivity contribution < 1.29 is 5.11 Å². The van der Waals surface area contributed by atoms with Crippen LogP contribution < -0.4 is 5.43 Å². The molecule has 0 radical (unpaired) electrons. The number of phenolic OH excluding ortho intramolecular Hbond substituents is 1. The van der Waals surface area contributed by atoms with Crippen LogP contribution in [0.4, 0.5) is 5.69 Å². The smallest absolute Gasteiger partial charge is 0.143 e. The molecule has 0 saturated heterocycles. The number of nitrogens with zero attached hydrogens (tertiary/aromatic N) is 1. The number of benzene rings is 2. The number of hydrazone groups is 1. The Morgan fingerprint density at radius 2 is 1.79 bits per heavy atom. The van der Waals surface area contributed by atoms with Gasteiger partial charge in [-0.15, -0.1) is 0 Å². The van der Waals surface area contributed by atoms with Gasteiger partial charge in [0.1, 0.15) is 5.75 Å². The zero-order valence-electron chi connectivity index (χ0n) is 9.57. The van der Waals surface area contributed by atoms with Crippen molar-refractivity contribution in [2.45, 2.75) is 0 Å². The first-order chi connectivity index (χ1) is 9.08. The van der Waals surface area contributed by atoms with Gasteiger partial charge in [-0.2, -0.15) is 5.10 Å². The second-order valence-corrected chi connectivity index (χ2v) is 5.80. The topological polar surface area (TPSA) is 44.6 Å². The van der Waals surface area contributed by atoms with E-state index in [9.17, 15) is 5.11 Å². The van der Waals surface area contributed by atoms with Gasteiger partial charge in [0.25, 0.3) is 0 Å². The van der Waals surface area contributed by atoms with Gasteiger partial charge in [0, 0.05) is 0 Å². The minimum Gasteiger partial charge on any atom is -0.506 e. The normalized spacial score (nSPS) is 10.9. The monoisotopic (exact) mass is 402 g/mol. The molecule has 98 valence electrons. The van der Waals surface area contributed by atoms with Crippen LogP contribution in [-0.2, 0) is 0 Å². The number of hydrogen-bond acceptors (Lipinski definition) is 3. The molecule has 0 spiro atoms. The van der Waals surface area contributed by atoms with Crippen LogP contribution in [0, 0.1) is 0 Å². The summed E-state index contributed by atoms with van der Waals surface area (Å²) in [5.74, 6) is 0.163. The maximum absolute atomic E-state index is 9.60. The number of nitrogens with one attached hydrogen (secondary N) is 1.